The number of carboxylic acid groups (broad SMARTS) is 1. The second kappa shape index (κ2) is 4.83. The Bertz CT molecular complexity index is 641. The van der Waals surface area contributed by atoms with Crippen molar-refractivity contribution in [1.29, 1.82) is 0 Å². The number of aryl methyl sites for hydroxylation is 1. The van der Waals surface area contributed by atoms with E-state index in [4.69, 9.17) is 0 Å². The number of likely N-dealkylation sites (tertiary alicyclic amines) is 1. The van der Waals surface area contributed by atoms with Crippen molar-refractivity contribution in [2.24, 2.45) is 11.3 Å². The fraction of sp³-hybridized carbons (Fsp3) is 0.556. The fourth-order valence-electron chi connectivity index (χ4n) is 4.84. The molecule has 1 saturated carbocycles. The van der Waals surface area contributed by atoms with E-state index < -0.39 is 11.4 Å². The maximum atomic E-state index is 12.9. The fourth-order valence-corrected chi connectivity index (χ4v) is 4.84. The van der Waals surface area contributed by atoms with Crippen LogP contribution >= 0.6 is 0 Å². The van der Waals surface area contributed by atoms with Gasteiger partial charge in [-0.2, -0.15) is 0 Å². The third kappa shape index (κ3) is 1.82. The van der Waals surface area contributed by atoms with Crippen LogP contribution in [0.4, 0.5) is 0 Å². The molecule has 0 spiro atoms. The first-order valence-electron chi connectivity index (χ1n) is 8.22. The molecule has 4 heteroatoms. The predicted octanol–water partition coefficient (Wildman–Crippen LogP) is 2.43. The summed E-state index contributed by atoms with van der Waals surface area (Å²) < 4.78 is 0. The topological polar surface area (TPSA) is 57.6 Å². The molecule has 1 unspecified atom stereocenters. The molecule has 1 aromatic carbocycles. The Morgan fingerprint density at radius 3 is 2.82 bits per heavy atom. The zero-order valence-electron chi connectivity index (χ0n) is 12.6. The number of carboxylic acids is 1. The first-order valence-corrected chi connectivity index (χ1v) is 8.22. The molecule has 1 N–H and O–H groups in total. The lowest BCUT2D eigenvalue weighted by atomic mass is 9.81. The quantitative estimate of drug-likeness (QED) is 0.912. The Kier molecular flexibility index (Phi) is 3.03. The van der Waals surface area contributed by atoms with E-state index in [2.05, 4.69) is 12.1 Å². The van der Waals surface area contributed by atoms with Gasteiger partial charge in [0, 0.05) is 13.1 Å². The van der Waals surface area contributed by atoms with Gasteiger partial charge < -0.3 is 10.0 Å². The van der Waals surface area contributed by atoms with Crippen LogP contribution in [0, 0.1) is 11.3 Å². The molecule has 1 aromatic rings. The van der Waals surface area contributed by atoms with Gasteiger partial charge in [0.25, 0.3) is 0 Å². The van der Waals surface area contributed by atoms with Gasteiger partial charge in [0.2, 0.25) is 5.91 Å². The van der Waals surface area contributed by atoms with Gasteiger partial charge in [-0.15, -0.1) is 0 Å². The number of rotatable bonds is 2. The summed E-state index contributed by atoms with van der Waals surface area (Å²) in [5.41, 5.74) is 1.75. The Balaban J connectivity index is 1.57. The molecular weight excluding hydrogens is 278 g/mol. The lowest BCUT2D eigenvalue weighted by Gasteiger charge is -2.25. The third-order valence-corrected chi connectivity index (χ3v) is 6.04. The van der Waals surface area contributed by atoms with Gasteiger partial charge in [-0.3, -0.25) is 9.59 Å². The summed E-state index contributed by atoms with van der Waals surface area (Å²) in [4.78, 5) is 26.5. The molecule has 1 heterocycles. The molecule has 4 nitrogen and oxygen atoms in total. The normalized spacial score (nSPS) is 32.8. The highest BCUT2D eigenvalue weighted by molar-refractivity contribution is 5.87. The van der Waals surface area contributed by atoms with Crippen LogP contribution in [0.5, 0.6) is 0 Å². The third-order valence-electron chi connectivity index (χ3n) is 6.04. The monoisotopic (exact) mass is 299 g/mol. The summed E-state index contributed by atoms with van der Waals surface area (Å²) >= 11 is 0. The Morgan fingerprint density at radius 2 is 2.05 bits per heavy atom. The van der Waals surface area contributed by atoms with Crippen LogP contribution in [-0.4, -0.2) is 35.0 Å². The summed E-state index contributed by atoms with van der Waals surface area (Å²) in [6.45, 7) is 1.04. The Labute approximate surface area is 130 Å². The molecule has 116 valence electrons. The smallest absolute Gasteiger partial charge is 0.311 e. The van der Waals surface area contributed by atoms with Crippen molar-refractivity contribution in [3.8, 4) is 0 Å². The molecule has 2 aliphatic carbocycles. The zero-order chi connectivity index (χ0) is 15.3. The van der Waals surface area contributed by atoms with Crippen molar-refractivity contribution in [2.75, 3.05) is 13.1 Å². The van der Waals surface area contributed by atoms with Crippen LogP contribution in [0.1, 0.15) is 42.7 Å². The van der Waals surface area contributed by atoms with Gasteiger partial charge in [-0.05, 0) is 42.7 Å². The molecule has 3 atom stereocenters. The number of amides is 1. The van der Waals surface area contributed by atoms with Gasteiger partial charge in [0.15, 0.2) is 0 Å². The first-order chi connectivity index (χ1) is 10.6. The van der Waals surface area contributed by atoms with Crippen LogP contribution in [0.2, 0.25) is 0 Å². The van der Waals surface area contributed by atoms with Crippen LogP contribution in [0.25, 0.3) is 0 Å². The molecule has 3 aliphatic rings. The van der Waals surface area contributed by atoms with Crippen LogP contribution in [0.3, 0.4) is 0 Å². The summed E-state index contributed by atoms with van der Waals surface area (Å²) in [5.74, 6) is -0.497. The van der Waals surface area contributed by atoms with Crippen LogP contribution in [0.15, 0.2) is 24.3 Å². The molecule has 0 radical (unpaired) electrons. The first kappa shape index (κ1) is 13.8. The van der Waals surface area contributed by atoms with Gasteiger partial charge in [-0.1, -0.05) is 30.7 Å². The predicted molar refractivity (Wildman–Crippen MR) is 81.5 cm³/mol. The molecule has 0 bridgehead atoms. The largest absolute Gasteiger partial charge is 0.481 e. The SMILES string of the molecule is O=C(C1CCc2ccccc21)N1C[C@@H]2CCC[C@@]2(C(=O)O)C1. The molecule has 4 rings (SSSR count). The van der Waals surface area contributed by atoms with E-state index in [0.29, 0.717) is 13.1 Å². The van der Waals surface area contributed by atoms with E-state index in [1.807, 2.05) is 17.0 Å². The molecular formula is C18H21NO3. The highest BCUT2D eigenvalue weighted by Crippen LogP contribution is 2.49. The molecule has 22 heavy (non-hydrogen) atoms. The average Bonchev–Trinajstić information content (AvgIpc) is 3.18. The van der Waals surface area contributed by atoms with Crippen LogP contribution < -0.4 is 0 Å². The van der Waals surface area contributed by atoms with Crippen molar-refractivity contribution < 1.29 is 14.7 Å². The summed E-state index contributed by atoms with van der Waals surface area (Å²) in [5, 5.41) is 9.66. The van der Waals surface area contributed by atoms with Crippen LogP contribution in [-0.2, 0) is 16.0 Å². The maximum absolute atomic E-state index is 12.9. The standard InChI is InChI=1S/C18H21NO3/c20-16(15-8-7-12-4-1-2-6-14(12)15)19-10-13-5-3-9-18(13,11-19)17(21)22/h1-2,4,6,13,15H,3,5,7-11H2,(H,21,22)/t13-,15?,18+/m0/s1. The lowest BCUT2D eigenvalue weighted by Crippen LogP contribution is -2.38. The lowest BCUT2D eigenvalue weighted by molar-refractivity contribution is -0.149. The molecule has 1 aliphatic heterocycles. The molecule has 2 fully saturated rings. The van der Waals surface area contributed by atoms with Gasteiger partial charge in [-0.25, -0.2) is 0 Å². The second-order valence-corrected chi connectivity index (χ2v) is 7.06. The number of hydrogen-bond acceptors (Lipinski definition) is 2. The Morgan fingerprint density at radius 1 is 1.23 bits per heavy atom. The molecule has 1 amide bonds. The van der Waals surface area contributed by atoms with Gasteiger partial charge in [0.1, 0.15) is 0 Å². The van der Waals surface area contributed by atoms with E-state index in [1.165, 1.54) is 5.56 Å². The number of hydrogen-bond donors (Lipinski definition) is 1. The summed E-state index contributed by atoms with van der Waals surface area (Å²) in [6, 6.07) is 8.15. The minimum atomic E-state index is -0.711. The van der Waals surface area contributed by atoms with E-state index in [1.54, 1.807) is 0 Å². The second-order valence-electron chi connectivity index (χ2n) is 7.06. The molecule has 1 saturated heterocycles. The number of carbonyl (C=O) groups excluding carboxylic acids is 1. The highest BCUT2D eigenvalue weighted by atomic mass is 16.4. The summed E-state index contributed by atoms with van der Waals surface area (Å²) in [6.07, 6.45) is 4.45. The van der Waals surface area contributed by atoms with E-state index in [9.17, 15) is 14.7 Å². The van der Waals surface area contributed by atoms with Gasteiger partial charge >= 0.3 is 5.97 Å². The van der Waals surface area contributed by atoms with E-state index in [0.717, 1.165) is 37.7 Å². The Hall–Kier alpha value is -1.84. The highest BCUT2D eigenvalue weighted by Gasteiger charge is 2.56. The number of benzene rings is 1. The van der Waals surface area contributed by atoms with Gasteiger partial charge in [0.05, 0.1) is 11.3 Å². The average molecular weight is 299 g/mol. The number of fused-ring (bicyclic) bond motifs is 2. The minimum absolute atomic E-state index is 0.0686. The number of carbonyl (C=O) groups is 2. The number of nitrogens with zero attached hydrogens (tertiary/aromatic N) is 1. The maximum Gasteiger partial charge on any atom is 0.311 e. The van der Waals surface area contributed by atoms with Crippen molar-refractivity contribution in [3.63, 3.8) is 0 Å². The van der Waals surface area contributed by atoms with Crippen molar-refractivity contribution in [3.05, 3.63) is 35.4 Å². The van der Waals surface area contributed by atoms with E-state index >= 15 is 0 Å². The van der Waals surface area contributed by atoms with Crippen molar-refractivity contribution >= 4 is 11.9 Å². The van der Waals surface area contributed by atoms with E-state index in [-0.39, 0.29) is 17.7 Å². The minimum Gasteiger partial charge on any atom is -0.481 e. The molecule has 0 aromatic heterocycles. The van der Waals surface area contributed by atoms with Crippen molar-refractivity contribution in [2.45, 2.75) is 38.0 Å². The number of aliphatic carboxylic acids is 1. The summed E-state index contributed by atoms with van der Waals surface area (Å²) in [7, 11) is 0. The van der Waals surface area contributed by atoms with Crippen molar-refractivity contribution in [1.82, 2.24) is 4.90 Å². The zero-order valence-corrected chi connectivity index (χ0v) is 12.6.